The van der Waals surface area contributed by atoms with Gasteiger partial charge in [-0.3, -0.25) is 4.79 Å². The van der Waals surface area contributed by atoms with Crippen LogP contribution in [0, 0.1) is 11.3 Å². The summed E-state index contributed by atoms with van der Waals surface area (Å²) in [6, 6.07) is 9.47. The number of hydrogen-bond donors (Lipinski definition) is 1. The number of nitriles is 1. The SMILES string of the molecule is CCC(CC#N)NC(=O)c1ccc(SC)cc1. The second kappa shape index (κ2) is 6.97. The maximum Gasteiger partial charge on any atom is 0.251 e. The van der Waals surface area contributed by atoms with Gasteiger partial charge < -0.3 is 5.32 Å². The summed E-state index contributed by atoms with van der Waals surface area (Å²) in [7, 11) is 0. The van der Waals surface area contributed by atoms with Crippen LogP contribution in [0.4, 0.5) is 0 Å². The first kappa shape index (κ1) is 13.6. The molecule has 1 aromatic carbocycles. The molecule has 0 saturated heterocycles. The molecule has 0 spiro atoms. The Balaban J connectivity index is 2.65. The first-order valence-electron chi connectivity index (χ1n) is 5.53. The van der Waals surface area contributed by atoms with Gasteiger partial charge in [-0.2, -0.15) is 5.26 Å². The molecule has 0 aliphatic heterocycles. The minimum atomic E-state index is -0.111. The Bertz CT molecular complexity index is 408. The molecule has 90 valence electrons. The number of rotatable bonds is 5. The van der Waals surface area contributed by atoms with Crippen molar-refractivity contribution in [3.63, 3.8) is 0 Å². The van der Waals surface area contributed by atoms with Crippen LogP contribution in [0.1, 0.15) is 30.1 Å². The van der Waals surface area contributed by atoms with E-state index in [1.165, 1.54) is 0 Å². The van der Waals surface area contributed by atoms with E-state index in [4.69, 9.17) is 5.26 Å². The summed E-state index contributed by atoms with van der Waals surface area (Å²) >= 11 is 1.64. The van der Waals surface area contributed by atoms with E-state index < -0.39 is 0 Å². The van der Waals surface area contributed by atoms with Crippen LogP contribution in [0.2, 0.25) is 0 Å². The second-order valence-corrected chi connectivity index (χ2v) is 4.55. The van der Waals surface area contributed by atoms with Gasteiger partial charge in [-0.15, -0.1) is 11.8 Å². The van der Waals surface area contributed by atoms with Crippen LogP contribution in [-0.2, 0) is 0 Å². The van der Waals surface area contributed by atoms with E-state index in [9.17, 15) is 4.79 Å². The lowest BCUT2D eigenvalue weighted by Crippen LogP contribution is -2.34. The fourth-order valence-electron chi connectivity index (χ4n) is 1.42. The summed E-state index contributed by atoms with van der Waals surface area (Å²) in [5.41, 5.74) is 0.638. The molecule has 0 bridgehead atoms. The second-order valence-electron chi connectivity index (χ2n) is 3.67. The molecule has 1 atom stereocenters. The summed E-state index contributed by atoms with van der Waals surface area (Å²) in [5.74, 6) is -0.111. The predicted octanol–water partition coefficient (Wildman–Crippen LogP) is 2.83. The average molecular weight is 248 g/mol. The number of amides is 1. The van der Waals surface area contributed by atoms with E-state index in [2.05, 4.69) is 11.4 Å². The molecule has 0 radical (unpaired) electrons. The average Bonchev–Trinajstić information content (AvgIpc) is 2.38. The van der Waals surface area contributed by atoms with Gasteiger partial charge in [-0.25, -0.2) is 0 Å². The molecular weight excluding hydrogens is 232 g/mol. The van der Waals surface area contributed by atoms with Crippen LogP contribution in [0.15, 0.2) is 29.2 Å². The lowest BCUT2D eigenvalue weighted by molar-refractivity contribution is 0.0936. The summed E-state index contributed by atoms with van der Waals surface area (Å²) < 4.78 is 0. The van der Waals surface area contributed by atoms with E-state index in [0.29, 0.717) is 12.0 Å². The summed E-state index contributed by atoms with van der Waals surface area (Å²) in [6.45, 7) is 1.96. The molecule has 0 aliphatic rings. The van der Waals surface area contributed by atoms with Crippen molar-refractivity contribution in [2.75, 3.05) is 6.26 Å². The largest absolute Gasteiger partial charge is 0.348 e. The molecule has 0 saturated carbocycles. The van der Waals surface area contributed by atoms with Gasteiger partial charge in [0, 0.05) is 16.5 Å². The Kier molecular flexibility index (Phi) is 5.58. The van der Waals surface area contributed by atoms with E-state index in [0.717, 1.165) is 11.3 Å². The number of nitrogens with zero attached hydrogens (tertiary/aromatic N) is 1. The molecule has 0 aliphatic carbocycles. The highest BCUT2D eigenvalue weighted by molar-refractivity contribution is 7.98. The van der Waals surface area contributed by atoms with Gasteiger partial charge in [-0.05, 0) is 36.9 Å². The van der Waals surface area contributed by atoms with E-state index in [1.54, 1.807) is 23.9 Å². The molecule has 1 amide bonds. The molecule has 4 heteroatoms. The van der Waals surface area contributed by atoms with Crippen molar-refractivity contribution in [3.05, 3.63) is 29.8 Å². The molecular formula is C13H16N2OS. The van der Waals surface area contributed by atoms with Crippen LogP contribution >= 0.6 is 11.8 Å². The fourth-order valence-corrected chi connectivity index (χ4v) is 1.83. The first-order chi connectivity index (χ1) is 8.21. The maximum absolute atomic E-state index is 11.9. The number of benzene rings is 1. The molecule has 1 aromatic rings. The zero-order valence-electron chi connectivity index (χ0n) is 10.1. The van der Waals surface area contributed by atoms with Gasteiger partial charge in [0.2, 0.25) is 0 Å². The van der Waals surface area contributed by atoms with E-state index in [-0.39, 0.29) is 11.9 Å². The van der Waals surface area contributed by atoms with Crippen molar-refractivity contribution < 1.29 is 4.79 Å². The topological polar surface area (TPSA) is 52.9 Å². The van der Waals surface area contributed by atoms with Crippen molar-refractivity contribution in [3.8, 4) is 6.07 Å². The molecule has 17 heavy (non-hydrogen) atoms. The standard InChI is InChI=1S/C13H16N2OS/c1-3-11(8-9-14)15-13(16)10-4-6-12(17-2)7-5-10/h4-7,11H,3,8H2,1-2H3,(H,15,16). The van der Waals surface area contributed by atoms with Crippen molar-refractivity contribution in [2.24, 2.45) is 0 Å². The number of carbonyl (C=O) groups excluding carboxylic acids is 1. The van der Waals surface area contributed by atoms with Crippen molar-refractivity contribution in [1.29, 1.82) is 5.26 Å². The van der Waals surface area contributed by atoms with Crippen LogP contribution in [0.3, 0.4) is 0 Å². The minimum absolute atomic E-state index is 0.0623. The summed E-state index contributed by atoms with van der Waals surface area (Å²) in [6.07, 6.45) is 3.11. The Morgan fingerprint density at radius 3 is 2.59 bits per heavy atom. The zero-order valence-corrected chi connectivity index (χ0v) is 10.9. The molecule has 0 aromatic heterocycles. The van der Waals surface area contributed by atoms with Crippen LogP contribution in [0.5, 0.6) is 0 Å². The van der Waals surface area contributed by atoms with Gasteiger partial charge in [0.1, 0.15) is 0 Å². The molecule has 0 heterocycles. The highest BCUT2D eigenvalue weighted by Crippen LogP contribution is 2.15. The van der Waals surface area contributed by atoms with Crippen molar-refractivity contribution >= 4 is 17.7 Å². The zero-order chi connectivity index (χ0) is 12.7. The molecule has 1 N–H and O–H groups in total. The van der Waals surface area contributed by atoms with E-state index in [1.807, 2.05) is 25.3 Å². The maximum atomic E-state index is 11.9. The first-order valence-corrected chi connectivity index (χ1v) is 6.75. The highest BCUT2D eigenvalue weighted by Gasteiger charge is 2.11. The van der Waals surface area contributed by atoms with Gasteiger partial charge in [0.25, 0.3) is 5.91 Å². The lowest BCUT2D eigenvalue weighted by atomic mass is 10.1. The third kappa shape index (κ3) is 4.12. The Labute approximate surface area is 106 Å². The highest BCUT2D eigenvalue weighted by atomic mass is 32.2. The summed E-state index contributed by atoms with van der Waals surface area (Å²) in [4.78, 5) is 13.0. The lowest BCUT2D eigenvalue weighted by Gasteiger charge is -2.13. The summed E-state index contributed by atoms with van der Waals surface area (Å²) in [5, 5.41) is 11.5. The van der Waals surface area contributed by atoms with Gasteiger partial charge in [0.15, 0.2) is 0 Å². The van der Waals surface area contributed by atoms with Crippen molar-refractivity contribution in [2.45, 2.75) is 30.7 Å². The molecule has 1 rings (SSSR count). The molecule has 0 fully saturated rings. The number of nitrogens with one attached hydrogen (secondary N) is 1. The monoisotopic (exact) mass is 248 g/mol. The van der Waals surface area contributed by atoms with Crippen LogP contribution < -0.4 is 5.32 Å². The third-order valence-electron chi connectivity index (χ3n) is 2.52. The fraction of sp³-hybridized carbons (Fsp3) is 0.385. The van der Waals surface area contributed by atoms with Crippen LogP contribution in [-0.4, -0.2) is 18.2 Å². The smallest absolute Gasteiger partial charge is 0.251 e. The molecule has 1 unspecified atom stereocenters. The predicted molar refractivity (Wildman–Crippen MR) is 70.0 cm³/mol. The quantitative estimate of drug-likeness (QED) is 0.815. The number of hydrogen-bond acceptors (Lipinski definition) is 3. The Hall–Kier alpha value is -1.47. The van der Waals surface area contributed by atoms with Gasteiger partial charge in [0.05, 0.1) is 12.5 Å². The minimum Gasteiger partial charge on any atom is -0.348 e. The van der Waals surface area contributed by atoms with E-state index >= 15 is 0 Å². The Morgan fingerprint density at radius 1 is 1.47 bits per heavy atom. The van der Waals surface area contributed by atoms with Crippen LogP contribution in [0.25, 0.3) is 0 Å². The molecule has 3 nitrogen and oxygen atoms in total. The normalized spacial score (nSPS) is 11.6. The number of thioether (sulfide) groups is 1. The van der Waals surface area contributed by atoms with Gasteiger partial charge in [-0.1, -0.05) is 6.92 Å². The third-order valence-corrected chi connectivity index (χ3v) is 3.26. The van der Waals surface area contributed by atoms with Crippen molar-refractivity contribution in [1.82, 2.24) is 5.32 Å². The number of carbonyl (C=O) groups is 1. The van der Waals surface area contributed by atoms with Gasteiger partial charge >= 0.3 is 0 Å². The Morgan fingerprint density at radius 2 is 2.12 bits per heavy atom.